The first-order valence-electron chi connectivity index (χ1n) is 8.02. The van der Waals surface area contributed by atoms with Crippen LogP contribution in [0.25, 0.3) is 0 Å². The minimum atomic E-state index is 0.213. The molecule has 1 heterocycles. The summed E-state index contributed by atoms with van der Waals surface area (Å²) >= 11 is 0. The summed E-state index contributed by atoms with van der Waals surface area (Å²) in [5.41, 5.74) is 0. The third-order valence-corrected chi connectivity index (χ3v) is 4.74. The Hall–Kier alpha value is -0.160. The topological polar surface area (TPSA) is 55.7 Å². The Balaban J connectivity index is 1.88. The molecule has 1 aliphatic heterocycles. The predicted octanol–water partition coefficient (Wildman–Crippen LogP) is 0.974. The number of nitrogens with zero attached hydrogens (tertiary/aromatic N) is 1. The van der Waals surface area contributed by atoms with Gasteiger partial charge in [-0.05, 0) is 31.6 Å². The fraction of sp³-hybridized carbons (Fsp3) is 1.00. The van der Waals surface area contributed by atoms with Crippen molar-refractivity contribution in [3.63, 3.8) is 0 Å². The van der Waals surface area contributed by atoms with E-state index in [-0.39, 0.29) is 6.61 Å². The Morgan fingerprint density at radius 1 is 1.00 bits per heavy atom. The maximum atomic E-state index is 9.20. The molecule has 2 fully saturated rings. The third-order valence-electron chi connectivity index (χ3n) is 4.74. The minimum Gasteiger partial charge on any atom is -0.396 e. The average molecular weight is 270 g/mol. The van der Waals surface area contributed by atoms with Gasteiger partial charge in [0.2, 0.25) is 0 Å². The van der Waals surface area contributed by atoms with E-state index < -0.39 is 0 Å². The van der Waals surface area contributed by atoms with E-state index in [0.717, 1.165) is 32.0 Å². The maximum Gasteiger partial charge on any atom is 0.0556 e. The van der Waals surface area contributed by atoms with Crippen molar-refractivity contribution >= 4 is 0 Å². The van der Waals surface area contributed by atoms with Gasteiger partial charge in [-0.15, -0.1) is 0 Å². The van der Waals surface area contributed by atoms with E-state index >= 15 is 0 Å². The van der Waals surface area contributed by atoms with Gasteiger partial charge in [0.05, 0.1) is 6.61 Å². The molecule has 1 aliphatic carbocycles. The molecule has 0 aromatic rings. The molecule has 4 nitrogen and oxygen atoms in total. The first-order valence-corrected chi connectivity index (χ1v) is 8.02. The molecule has 3 N–H and O–H groups in total. The fourth-order valence-electron chi connectivity index (χ4n) is 3.79. The smallest absolute Gasteiger partial charge is 0.0556 e. The van der Waals surface area contributed by atoms with Gasteiger partial charge < -0.3 is 15.5 Å². The molecule has 2 atom stereocenters. The first kappa shape index (κ1) is 15.2. The summed E-state index contributed by atoms with van der Waals surface area (Å²) in [7, 11) is 0. The van der Waals surface area contributed by atoms with Crippen LogP contribution in [-0.4, -0.2) is 60.0 Å². The lowest BCUT2D eigenvalue weighted by molar-refractivity contribution is 0.0665. The second-order valence-corrected chi connectivity index (χ2v) is 6.23. The molecule has 2 aliphatic rings. The van der Waals surface area contributed by atoms with Gasteiger partial charge in [0.1, 0.15) is 0 Å². The van der Waals surface area contributed by atoms with Gasteiger partial charge in [-0.2, -0.15) is 0 Å². The van der Waals surface area contributed by atoms with E-state index in [1.807, 2.05) is 0 Å². The van der Waals surface area contributed by atoms with Crippen LogP contribution in [0.2, 0.25) is 0 Å². The van der Waals surface area contributed by atoms with Gasteiger partial charge in [-0.1, -0.05) is 19.3 Å². The zero-order valence-corrected chi connectivity index (χ0v) is 12.1. The Kier molecular flexibility index (Phi) is 6.57. The Morgan fingerprint density at radius 3 is 2.47 bits per heavy atom. The molecule has 0 spiro atoms. The molecule has 2 rings (SSSR count). The van der Waals surface area contributed by atoms with Crippen LogP contribution in [0.15, 0.2) is 0 Å². The lowest BCUT2D eigenvalue weighted by Crippen LogP contribution is -2.53. The Morgan fingerprint density at radius 2 is 1.79 bits per heavy atom. The summed E-state index contributed by atoms with van der Waals surface area (Å²) in [6, 6.07) is 1.24. The second-order valence-electron chi connectivity index (χ2n) is 6.23. The third kappa shape index (κ3) is 4.71. The highest BCUT2D eigenvalue weighted by molar-refractivity contribution is 4.88. The maximum absolute atomic E-state index is 9.20. The lowest BCUT2D eigenvalue weighted by Gasteiger charge is -2.43. The zero-order chi connectivity index (χ0) is 13.5. The molecule has 2 unspecified atom stereocenters. The highest BCUT2D eigenvalue weighted by atomic mass is 16.3. The number of piperidine rings is 1. The van der Waals surface area contributed by atoms with E-state index in [2.05, 4.69) is 10.2 Å². The van der Waals surface area contributed by atoms with Crippen LogP contribution in [-0.2, 0) is 0 Å². The number of hydrogen-bond donors (Lipinski definition) is 3. The summed E-state index contributed by atoms with van der Waals surface area (Å²) in [6.45, 7) is 3.48. The Bertz CT molecular complexity index is 244. The molecule has 0 radical (unpaired) electrons. The minimum absolute atomic E-state index is 0.213. The monoisotopic (exact) mass is 270 g/mol. The standard InChI is InChI=1S/C15H30N2O2/c18-8-6-13-10-14(16-7-9-19)12-17(11-13)15-4-2-1-3-5-15/h13-16,18-19H,1-12H2. The molecule has 19 heavy (non-hydrogen) atoms. The van der Waals surface area contributed by atoms with Crippen LogP contribution in [0.4, 0.5) is 0 Å². The number of hydrogen-bond acceptors (Lipinski definition) is 4. The zero-order valence-electron chi connectivity index (χ0n) is 12.1. The quantitative estimate of drug-likeness (QED) is 0.673. The van der Waals surface area contributed by atoms with Crippen LogP contribution in [0.1, 0.15) is 44.9 Å². The molecule has 4 heteroatoms. The summed E-state index contributed by atoms with van der Waals surface area (Å²) in [6.07, 6.45) is 8.90. The molecule has 112 valence electrons. The van der Waals surface area contributed by atoms with Crippen molar-refractivity contribution in [2.75, 3.05) is 32.8 Å². The van der Waals surface area contributed by atoms with E-state index in [0.29, 0.717) is 25.1 Å². The molecule has 1 saturated carbocycles. The van der Waals surface area contributed by atoms with Crippen molar-refractivity contribution in [2.24, 2.45) is 5.92 Å². The fourth-order valence-corrected chi connectivity index (χ4v) is 3.79. The van der Waals surface area contributed by atoms with Crippen molar-refractivity contribution < 1.29 is 10.2 Å². The second kappa shape index (κ2) is 8.20. The summed E-state index contributed by atoms with van der Waals surface area (Å²) in [4.78, 5) is 2.65. The van der Waals surface area contributed by atoms with Crippen molar-refractivity contribution in [1.82, 2.24) is 10.2 Å². The molecule has 0 aromatic heterocycles. The Labute approximate surface area is 117 Å². The van der Waals surface area contributed by atoms with Crippen LogP contribution in [0.3, 0.4) is 0 Å². The van der Waals surface area contributed by atoms with E-state index in [1.54, 1.807) is 0 Å². The number of likely N-dealkylation sites (tertiary alicyclic amines) is 1. The largest absolute Gasteiger partial charge is 0.396 e. The van der Waals surface area contributed by atoms with Gasteiger partial charge in [0, 0.05) is 38.3 Å². The van der Waals surface area contributed by atoms with Crippen molar-refractivity contribution in [3.8, 4) is 0 Å². The van der Waals surface area contributed by atoms with Crippen molar-refractivity contribution in [3.05, 3.63) is 0 Å². The molecule has 0 bridgehead atoms. The summed E-state index contributed by atoms with van der Waals surface area (Å²) < 4.78 is 0. The van der Waals surface area contributed by atoms with Crippen molar-refractivity contribution in [1.29, 1.82) is 0 Å². The van der Waals surface area contributed by atoms with Crippen LogP contribution in [0, 0.1) is 5.92 Å². The van der Waals surface area contributed by atoms with Crippen LogP contribution >= 0.6 is 0 Å². The normalized spacial score (nSPS) is 30.6. The van der Waals surface area contributed by atoms with Gasteiger partial charge in [0.15, 0.2) is 0 Å². The van der Waals surface area contributed by atoms with E-state index in [1.165, 1.54) is 32.1 Å². The van der Waals surface area contributed by atoms with Crippen LogP contribution < -0.4 is 5.32 Å². The predicted molar refractivity (Wildman–Crippen MR) is 77.1 cm³/mol. The summed E-state index contributed by atoms with van der Waals surface area (Å²) in [5.74, 6) is 0.608. The molecular weight excluding hydrogens is 240 g/mol. The number of rotatable bonds is 6. The van der Waals surface area contributed by atoms with Gasteiger partial charge in [0.25, 0.3) is 0 Å². The summed E-state index contributed by atoms with van der Waals surface area (Å²) in [5, 5.41) is 21.6. The number of aliphatic hydroxyl groups is 2. The van der Waals surface area contributed by atoms with Gasteiger partial charge >= 0.3 is 0 Å². The number of aliphatic hydroxyl groups excluding tert-OH is 2. The SMILES string of the molecule is OCCNC1CC(CCO)CN(C2CCCCC2)C1. The first-order chi connectivity index (χ1) is 9.33. The van der Waals surface area contributed by atoms with Crippen molar-refractivity contribution in [2.45, 2.75) is 57.0 Å². The highest BCUT2D eigenvalue weighted by Crippen LogP contribution is 2.28. The average Bonchev–Trinajstić information content (AvgIpc) is 2.46. The van der Waals surface area contributed by atoms with E-state index in [9.17, 15) is 5.11 Å². The lowest BCUT2D eigenvalue weighted by atomic mass is 9.87. The molecule has 0 amide bonds. The van der Waals surface area contributed by atoms with Gasteiger partial charge in [-0.25, -0.2) is 0 Å². The molecular formula is C15H30N2O2. The number of nitrogens with one attached hydrogen (secondary N) is 1. The highest BCUT2D eigenvalue weighted by Gasteiger charge is 2.31. The molecule has 0 aromatic carbocycles. The van der Waals surface area contributed by atoms with E-state index in [4.69, 9.17) is 5.11 Å². The molecule has 1 saturated heterocycles. The van der Waals surface area contributed by atoms with Gasteiger partial charge in [-0.3, -0.25) is 4.90 Å². The van der Waals surface area contributed by atoms with Crippen LogP contribution in [0.5, 0.6) is 0 Å².